The van der Waals surface area contributed by atoms with E-state index in [1.807, 2.05) is 0 Å². The molecule has 3 nitrogen and oxygen atoms in total. The number of hydrogen-bond donors (Lipinski definition) is 1. The van der Waals surface area contributed by atoms with Crippen molar-refractivity contribution in [2.45, 2.75) is 69.9 Å². The molecule has 0 bridgehead atoms. The Morgan fingerprint density at radius 1 is 0.889 bits per heavy atom. The average Bonchev–Trinajstić information content (AvgIpc) is 2.71. The van der Waals surface area contributed by atoms with E-state index in [1.54, 1.807) is 0 Å². The molecule has 3 aliphatic carbocycles. The molecule has 27 heavy (non-hydrogen) atoms. The zero-order chi connectivity index (χ0) is 18.5. The van der Waals surface area contributed by atoms with E-state index in [9.17, 15) is 0 Å². The van der Waals surface area contributed by atoms with Crippen molar-refractivity contribution in [3.8, 4) is 0 Å². The molecule has 0 amide bonds. The molecule has 1 aliphatic heterocycles. The van der Waals surface area contributed by atoms with Crippen LogP contribution in [0.4, 0.5) is 0 Å². The molecule has 0 aromatic heterocycles. The van der Waals surface area contributed by atoms with Gasteiger partial charge in [0.25, 0.3) is 0 Å². The molecule has 4 aliphatic rings. The van der Waals surface area contributed by atoms with Crippen LogP contribution in [0.1, 0.15) is 64.2 Å². The number of hydrogen-bond acceptors (Lipinski definition) is 3. The second-order valence-corrected chi connectivity index (χ2v) is 8.79. The van der Waals surface area contributed by atoms with Gasteiger partial charge in [0, 0.05) is 5.92 Å². The van der Waals surface area contributed by atoms with Gasteiger partial charge in [-0.05, 0) is 55.4 Å². The van der Waals surface area contributed by atoms with Crippen LogP contribution in [0.25, 0.3) is 0 Å². The summed E-state index contributed by atoms with van der Waals surface area (Å²) in [6, 6.07) is 0. The highest BCUT2D eigenvalue weighted by molar-refractivity contribution is 5.31. The van der Waals surface area contributed by atoms with E-state index in [1.165, 1.54) is 50.5 Å². The number of rotatable bonds is 1. The minimum Gasteiger partial charge on any atom is -0.297 e. The van der Waals surface area contributed by atoms with Gasteiger partial charge >= 0.3 is 0 Å². The normalized spacial score (nSPS) is 40.3. The Morgan fingerprint density at radius 2 is 1.74 bits per heavy atom. The standard InChI is InChI=1S/C24H35NO2/c25-24(23-17-10-14-19-11-5-7-15-21(19)23)22-16-8-6-13-20(22)12-4-2-1-3-9-18-26-27-24/h5-8,11,15-16,19-21,23H,1-4,9-10,12-14,17-18,25H2. The monoisotopic (exact) mass is 369 g/mol. The van der Waals surface area contributed by atoms with E-state index >= 15 is 0 Å². The Hall–Kier alpha value is -1.16. The van der Waals surface area contributed by atoms with Gasteiger partial charge < -0.3 is 0 Å². The fraction of sp³-hybridized carbons (Fsp3) is 0.667. The molecule has 1 saturated carbocycles. The van der Waals surface area contributed by atoms with Crippen LogP contribution in [0.2, 0.25) is 0 Å². The van der Waals surface area contributed by atoms with E-state index in [0.29, 0.717) is 24.4 Å². The van der Waals surface area contributed by atoms with Crippen LogP contribution in [0, 0.1) is 23.7 Å². The van der Waals surface area contributed by atoms with Gasteiger partial charge in [0.15, 0.2) is 5.72 Å². The Labute approximate surface area is 164 Å². The van der Waals surface area contributed by atoms with E-state index in [4.69, 9.17) is 15.5 Å². The molecule has 5 unspecified atom stereocenters. The smallest absolute Gasteiger partial charge is 0.177 e. The third kappa shape index (κ3) is 4.16. The highest BCUT2D eigenvalue weighted by Crippen LogP contribution is 2.48. The largest absolute Gasteiger partial charge is 0.297 e. The lowest BCUT2D eigenvalue weighted by Crippen LogP contribution is -2.57. The molecule has 0 radical (unpaired) electrons. The molecule has 0 aromatic carbocycles. The highest BCUT2D eigenvalue weighted by atomic mass is 17.2. The summed E-state index contributed by atoms with van der Waals surface area (Å²) in [6.07, 6.45) is 27.8. The first-order valence-corrected chi connectivity index (χ1v) is 11.1. The van der Waals surface area contributed by atoms with Crippen LogP contribution in [-0.2, 0) is 9.78 Å². The van der Waals surface area contributed by atoms with Crippen molar-refractivity contribution in [3.63, 3.8) is 0 Å². The Bertz CT molecular complexity index is 620. The average molecular weight is 370 g/mol. The summed E-state index contributed by atoms with van der Waals surface area (Å²) in [7, 11) is 0. The van der Waals surface area contributed by atoms with Crippen molar-refractivity contribution < 1.29 is 9.78 Å². The van der Waals surface area contributed by atoms with Gasteiger partial charge in [-0.1, -0.05) is 74.6 Å². The lowest BCUT2D eigenvalue weighted by Gasteiger charge is -2.48. The molecule has 148 valence electrons. The Kier molecular flexibility index (Phi) is 6.31. The van der Waals surface area contributed by atoms with Gasteiger partial charge in [0.05, 0.1) is 6.61 Å². The van der Waals surface area contributed by atoms with E-state index < -0.39 is 5.72 Å². The van der Waals surface area contributed by atoms with Crippen molar-refractivity contribution in [1.82, 2.24) is 0 Å². The quantitative estimate of drug-likeness (QED) is 0.611. The van der Waals surface area contributed by atoms with Crippen LogP contribution in [-0.4, -0.2) is 12.3 Å². The van der Waals surface area contributed by atoms with Crippen LogP contribution in [0.5, 0.6) is 0 Å². The summed E-state index contributed by atoms with van der Waals surface area (Å²) < 4.78 is 0. The summed E-state index contributed by atoms with van der Waals surface area (Å²) >= 11 is 0. The molecule has 3 heteroatoms. The van der Waals surface area contributed by atoms with Crippen LogP contribution in [0.3, 0.4) is 0 Å². The molecule has 5 atom stereocenters. The second-order valence-electron chi connectivity index (χ2n) is 8.79. The predicted octanol–water partition coefficient (Wildman–Crippen LogP) is 5.60. The predicted molar refractivity (Wildman–Crippen MR) is 110 cm³/mol. The molecular weight excluding hydrogens is 334 g/mol. The summed E-state index contributed by atoms with van der Waals surface area (Å²) in [4.78, 5) is 11.9. The molecule has 1 saturated heterocycles. The van der Waals surface area contributed by atoms with Gasteiger partial charge in [-0.3, -0.25) is 5.73 Å². The number of nitrogens with two attached hydrogens (primary N) is 1. The zero-order valence-corrected chi connectivity index (χ0v) is 16.5. The first kappa shape index (κ1) is 19.2. The maximum atomic E-state index is 7.17. The van der Waals surface area contributed by atoms with Crippen molar-refractivity contribution in [1.29, 1.82) is 0 Å². The van der Waals surface area contributed by atoms with Crippen LogP contribution >= 0.6 is 0 Å². The SMILES string of the molecule is NC1(C2CCCC3C=CC=CC32)OOCCCCCCCC2CC=CC=C21. The van der Waals surface area contributed by atoms with E-state index in [-0.39, 0.29) is 5.92 Å². The fourth-order valence-corrected chi connectivity index (χ4v) is 5.60. The van der Waals surface area contributed by atoms with Gasteiger partial charge in [-0.15, -0.1) is 0 Å². The molecule has 0 aromatic rings. The summed E-state index contributed by atoms with van der Waals surface area (Å²) in [5.74, 6) is 1.77. The maximum Gasteiger partial charge on any atom is 0.177 e. The topological polar surface area (TPSA) is 44.5 Å². The molecule has 2 N–H and O–H groups in total. The van der Waals surface area contributed by atoms with E-state index in [2.05, 4.69) is 42.5 Å². The van der Waals surface area contributed by atoms with Gasteiger partial charge in [0.1, 0.15) is 0 Å². The summed E-state index contributed by atoms with van der Waals surface area (Å²) in [6.45, 7) is 0.642. The molecule has 4 rings (SSSR count). The lowest BCUT2D eigenvalue weighted by atomic mass is 9.63. The fourth-order valence-electron chi connectivity index (χ4n) is 5.60. The lowest BCUT2D eigenvalue weighted by molar-refractivity contribution is -0.368. The number of allylic oxidation sites excluding steroid dienone is 7. The second kappa shape index (κ2) is 8.89. The maximum absolute atomic E-state index is 7.17. The Balaban J connectivity index is 1.65. The van der Waals surface area contributed by atoms with Gasteiger partial charge in [-0.2, -0.15) is 0 Å². The van der Waals surface area contributed by atoms with Crippen molar-refractivity contribution >= 4 is 0 Å². The van der Waals surface area contributed by atoms with Gasteiger partial charge in [-0.25, -0.2) is 9.78 Å². The van der Waals surface area contributed by atoms with Crippen LogP contribution in [0.15, 0.2) is 48.1 Å². The minimum atomic E-state index is -0.826. The van der Waals surface area contributed by atoms with Crippen molar-refractivity contribution in [2.24, 2.45) is 29.4 Å². The summed E-state index contributed by atoms with van der Waals surface area (Å²) in [5.41, 5.74) is 7.61. The van der Waals surface area contributed by atoms with E-state index in [0.717, 1.165) is 19.3 Å². The van der Waals surface area contributed by atoms with Crippen LogP contribution < -0.4 is 5.73 Å². The van der Waals surface area contributed by atoms with Crippen molar-refractivity contribution in [3.05, 3.63) is 48.1 Å². The zero-order valence-electron chi connectivity index (χ0n) is 16.5. The first-order chi connectivity index (χ1) is 13.3. The molecule has 0 spiro atoms. The molecular formula is C24H35NO2. The first-order valence-electron chi connectivity index (χ1n) is 11.1. The van der Waals surface area contributed by atoms with Crippen molar-refractivity contribution in [2.75, 3.05) is 6.61 Å². The Morgan fingerprint density at radius 3 is 2.70 bits per heavy atom. The minimum absolute atomic E-state index is 0.264. The number of fused-ring (bicyclic) bond motifs is 2. The molecule has 1 heterocycles. The van der Waals surface area contributed by atoms with Gasteiger partial charge in [0.2, 0.25) is 0 Å². The third-order valence-corrected chi connectivity index (χ3v) is 7.07. The highest BCUT2D eigenvalue weighted by Gasteiger charge is 2.49. The molecule has 2 fully saturated rings. The summed E-state index contributed by atoms with van der Waals surface area (Å²) in [5, 5.41) is 0. The third-order valence-electron chi connectivity index (χ3n) is 7.07.